The molecule has 0 aromatic heterocycles. The quantitative estimate of drug-likeness (QED) is 0.780. The van der Waals surface area contributed by atoms with Gasteiger partial charge >= 0.3 is 0 Å². The minimum Gasteiger partial charge on any atom is -0.396 e. The van der Waals surface area contributed by atoms with Crippen LogP contribution in [0.4, 0.5) is 0 Å². The lowest BCUT2D eigenvalue weighted by Gasteiger charge is -2.36. The molecule has 1 aliphatic carbocycles. The molecule has 0 bridgehead atoms. The molecule has 0 aliphatic heterocycles. The van der Waals surface area contributed by atoms with E-state index in [1.807, 2.05) is 18.7 Å². The third-order valence-electron chi connectivity index (χ3n) is 3.79. The smallest absolute Gasteiger partial charge is 0.225 e. The number of carbonyl (C=O) groups excluding carboxylic acids is 1. The van der Waals surface area contributed by atoms with Crippen LogP contribution in [0.2, 0.25) is 0 Å². The highest BCUT2D eigenvalue weighted by Gasteiger charge is 2.32. The normalized spacial score (nSPS) is 28.4. The second-order valence-electron chi connectivity index (χ2n) is 5.97. The molecule has 0 aromatic rings. The fourth-order valence-corrected chi connectivity index (χ4v) is 2.96. The zero-order chi connectivity index (χ0) is 13.7. The molecule has 1 aliphatic rings. The van der Waals surface area contributed by atoms with E-state index in [0.29, 0.717) is 18.9 Å². The average molecular weight is 256 g/mol. The van der Waals surface area contributed by atoms with Crippen molar-refractivity contribution in [2.24, 2.45) is 17.6 Å². The van der Waals surface area contributed by atoms with Gasteiger partial charge in [-0.15, -0.1) is 0 Å². The van der Waals surface area contributed by atoms with Gasteiger partial charge in [0.15, 0.2) is 0 Å². The van der Waals surface area contributed by atoms with E-state index in [-0.39, 0.29) is 30.5 Å². The van der Waals surface area contributed by atoms with Crippen LogP contribution in [0.5, 0.6) is 0 Å². The lowest BCUT2D eigenvalue weighted by atomic mass is 9.79. The Labute approximate surface area is 111 Å². The molecule has 3 unspecified atom stereocenters. The molecule has 0 heterocycles. The molecule has 18 heavy (non-hydrogen) atoms. The summed E-state index contributed by atoms with van der Waals surface area (Å²) in [6.07, 6.45) is 3.45. The first-order valence-electron chi connectivity index (χ1n) is 7.12. The van der Waals surface area contributed by atoms with E-state index in [2.05, 4.69) is 6.92 Å². The average Bonchev–Trinajstić information content (AvgIpc) is 2.27. The van der Waals surface area contributed by atoms with E-state index in [9.17, 15) is 4.79 Å². The van der Waals surface area contributed by atoms with Crippen LogP contribution < -0.4 is 5.73 Å². The van der Waals surface area contributed by atoms with Crippen LogP contribution in [0.3, 0.4) is 0 Å². The molecule has 0 aromatic carbocycles. The van der Waals surface area contributed by atoms with Gasteiger partial charge in [-0.1, -0.05) is 6.92 Å². The first kappa shape index (κ1) is 15.4. The molecular weight excluding hydrogens is 228 g/mol. The fourth-order valence-electron chi connectivity index (χ4n) is 2.96. The van der Waals surface area contributed by atoms with Gasteiger partial charge in [0.1, 0.15) is 0 Å². The minimum absolute atomic E-state index is 0.0739. The number of aliphatic hydroxyl groups is 1. The molecule has 1 amide bonds. The van der Waals surface area contributed by atoms with E-state index in [0.717, 1.165) is 19.3 Å². The maximum Gasteiger partial charge on any atom is 0.225 e. The molecule has 4 heteroatoms. The number of amides is 1. The van der Waals surface area contributed by atoms with Gasteiger partial charge in [0.25, 0.3) is 0 Å². The van der Waals surface area contributed by atoms with Crippen molar-refractivity contribution in [3.05, 3.63) is 0 Å². The lowest BCUT2D eigenvalue weighted by Crippen LogP contribution is -2.45. The van der Waals surface area contributed by atoms with E-state index < -0.39 is 0 Å². The third kappa shape index (κ3) is 4.25. The Bertz CT molecular complexity index is 259. The van der Waals surface area contributed by atoms with E-state index in [4.69, 9.17) is 10.8 Å². The maximum atomic E-state index is 12.5. The Kier molecular flexibility index (Phi) is 6.09. The molecule has 1 rings (SSSR count). The monoisotopic (exact) mass is 256 g/mol. The van der Waals surface area contributed by atoms with Crippen molar-refractivity contribution in [1.82, 2.24) is 4.90 Å². The summed E-state index contributed by atoms with van der Waals surface area (Å²) in [6.45, 7) is 7.01. The molecule has 0 radical (unpaired) electrons. The zero-order valence-corrected chi connectivity index (χ0v) is 11.9. The third-order valence-corrected chi connectivity index (χ3v) is 3.79. The van der Waals surface area contributed by atoms with E-state index in [1.54, 1.807) is 0 Å². The molecule has 3 atom stereocenters. The molecule has 1 fully saturated rings. The SMILES string of the molecule is CC1CC(N)CC(C(=O)N(CCCO)C(C)C)C1. The Morgan fingerprint density at radius 3 is 2.56 bits per heavy atom. The molecule has 1 saturated carbocycles. The number of hydrogen-bond donors (Lipinski definition) is 2. The standard InChI is InChI=1S/C14H28N2O2/c1-10(2)16(5-4-6-17)14(18)12-7-11(3)8-13(15)9-12/h10-13,17H,4-9,15H2,1-3H3. The summed E-state index contributed by atoms with van der Waals surface area (Å²) in [4.78, 5) is 14.4. The van der Waals surface area contributed by atoms with Crippen LogP contribution in [0.1, 0.15) is 46.5 Å². The highest BCUT2D eigenvalue weighted by molar-refractivity contribution is 5.79. The van der Waals surface area contributed by atoms with Crippen LogP contribution in [0, 0.1) is 11.8 Å². The van der Waals surface area contributed by atoms with Crippen molar-refractivity contribution in [2.45, 2.75) is 58.5 Å². The van der Waals surface area contributed by atoms with Gasteiger partial charge in [-0.05, 0) is 45.4 Å². The molecule has 106 valence electrons. The Hall–Kier alpha value is -0.610. The van der Waals surface area contributed by atoms with Gasteiger partial charge in [-0.2, -0.15) is 0 Å². The first-order valence-corrected chi connectivity index (χ1v) is 7.12. The number of aliphatic hydroxyl groups excluding tert-OH is 1. The van der Waals surface area contributed by atoms with Crippen molar-refractivity contribution in [2.75, 3.05) is 13.2 Å². The van der Waals surface area contributed by atoms with Crippen LogP contribution in [-0.2, 0) is 4.79 Å². The van der Waals surface area contributed by atoms with Crippen LogP contribution in [0.15, 0.2) is 0 Å². The first-order chi connectivity index (χ1) is 8.45. The second kappa shape index (κ2) is 7.10. The van der Waals surface area contributed by atoms with Crippen molar-refractivity contribution in [3.8, 4) is 0 Å². The van der Waals surface area contributed by atoms with Crippen LogP contribution in [0.25, 0.3) is 0 Å². The second-order valence-corrected chi connectivity index (χ2v) is 5.97. The van der Waals surface area contributed by atoms with Gasteiger partial charge in [0.05, 0.1) is 0 Å². The lowest BCUT2D eigenvalue weighted by molar-refractivity contribution is -0.139. The van der Waals surface area contributed by atoms with E-state index >= 15 is 0 Å². The fraction of sp³-hybridized carbons (Fsp3) is 0.929. The van der Waals surface area contributed by atoms with Crippen molar-refractivity contribution < 1.29 is 9.90 Å². The Balaban J connectivity index is 2.63. The highest BCUT2D eigenvalue weighted by atomic mass is 16.3. The summed E-state index contributed by atoms with van der Waals surface area (Å²) < 4.78 is 0. The van der Waals surface area contributed by atoms with Gasteiger partial charge in [0, 0.05) is 31.2 Å². The Morgan fingerprint density at radius 2 is 2.06 bits per heavy atom. The number of rotatable bonds is 5. The Morgan fingerprint density at radius 1 is 1.39 bits per heavy atom. The summed E-state index contributed by atoms with van der Waals surface area (Å²) >= 11 is 0. The van der Waals surface area contributed by atoms with Gasteiger partial charge < -0.3 is 15.7 Å². The number of nitrogens with zero attached hydrogens (tertiary/aromatic N) is 1. The summed E-state index contributed by atoms with van der Waals surface area (Å²) in [6, 6.07) is 0.354. The minimum atomic E-state index is 0.0739. The zero-order valence-electron chi connectivity index (χ0n) is 11.9. The number of nitrogens with two attached hydrogens (primary N) is 1. The van der Waals surface area contributed by atoms with Crippen molar-refractivity contribution >= 4 is 5.91 Å². The molecule has 0 spiro atoms. The van der Waals surface area contributed by atoms with Crippen molar-refractivity contribution in [1.29, 1.82) is 0 Å². The largest absolute Gasteiger partial charge is 0.396 e. The number of hydrogen-bond acceptors (Lipinski definition) is 3. The molecule has 4 nitrogen and oxygen atoms in total. The number of carbonyl (C=O) groups is 1. The highest BCUT2D eigenvalue weighted by Crippen LogP contribution is 2.29. The molecule has 3 N–H and O–H groups in total. The van der Waals surface area contributed by atoms with Crippen molar-refractivity contribution in [3.63, 3.8) is 0 Å². The summed E-state index contributed by atoms with van der Waals surface area (Å²) in [5, 5.41) is 8.92. The van der Waals surface area contributed by atoms with Gasteiger partial charge in [-0.25, -0.2) is 0 Å². The topological polar surface area (TPSA) is 66.6 Å². The summed E-state index contributed by atoms with van der Waals surface area (Å²) in [7, 11) is 0. The van der Waals surface area contributed by atoms with Gasteiger partial charge in [-0.3, -0.25) is 4.79 Å². The van der Waals surface area contributed by atoms with Crippen LogP contribution in [-0.4, -0.2) is 41.1 Å². The van der Waals surface area contributed by atoms with Crippen LogP contribution >= 0.6 is 0 Å². The summed E-state index contributed by atoms with van der Waals surface area (Å²) in [5.41, 5.74) is 6.02. The molecular formula is C14H28N2O2. The predicted octanol–water partition coefficient (Wildman–Crippen LogP) is 1.37. The van der Waals surface area contributed by atoms with E-state index in [1.165, 1.54) is 0 Å². The summed E-state index contributed by atoms with van der Waals surface area (Å²) in [5.74, 6) is 0.833. The predicted molar refractivity (Wildman–Crippen MR) is 73.0 cm³/mol. The maximum absolute atomic E-state index is 12.5. The molecule has 0 saturated heterocycles. The van der Waals surface area contributed by atoms with Gasteiger partial charge in [0.2, 0.25) is 5.91 Å².